The summed E-state index contributed by atoms with van der Waals surface area (Å²) in [6.45, 7) is 3.69. The maximum atomic E-state index is 12.2. The van der Waals surface area contributed by atoms with Crippen LogP contribution in [0.2, 0.25) is 0 Å². The fourth-order valence-electron chi connectivity index (χ4n) is 1.72. The Bertz CT molecular complexity index is 489. The van der Waals surface area contributed by atoms with Crippen LogP contribution >= 0.6 is 11.6 Å². The SMILES string of the molecule is CN(Cc1ccccc1[N+](=O)[O-])C(=O)C(C)(C)CCl. The number of nitrogens with zero attached hydrogens (tertiary/aromatic N) is 2. The van der Waals surface area contributed by atoms with Crippen LogP contribution in [0.25, 0.3) is 0 Å². The van der Waals surface area contributed by atoms with Crippen molar-refractivity contribution >= 4 is 23.2 Å². The van der Waals surface area contributed by atoms with Crippen molar-refractivity contribution in [2.75, 3.05) is 12.9 Å². The van der Waals surface area contributed by atoms with Crippen LogP contribution in [-0.4, -0.2) is 28.7 Å². The van der Waals surface area contributed by atoms with Gasteiger partial charge < -0.3 is 4.90 Å². The van der Waals surface area contributed by atoms with E-state index >= 15 is 0 Å². The monoisotopic (exact) mass is 284 g/mol. The van der Waals surface area contributed by atoms with E-state index in [2.05, 4.69) is 0 Å². The second-order valence-electron chi connectivity index (χ2n) is 5.06. The lowest BCUT2D eigenvalue weighted by Crippen LogP contribution is -2.39. The van der Waals surface area contributed by atoms with Crippen LogP contribution in [0.1, 0.15) is 19.4 Å². The number of alkyl halides is 1. The van der Waals surface area contributed by atoms with Crippen molar-refractivity contribution in [1.29, 1.82) is 0 Å². The van der Waals surface area contributed by atoms with Gasteiger partial charge in [-0.15, -0.1) is 11.6 Å². The van der Waals surface area contributed by atoms with Gasteiger partial charge in [0.05, 0.1) is 16.9 Å². The molecule has 0 heterocycles. The van der Waals surface area contributed by atoms with Crippen molar-refractivity contribution in [3.63, 3.8) is 0 Å². The number of carbonyl (C=O) groups is 1. The summed E-state index contributed by atoms with van der Waals surface area (Å²) in [5, 5.41) is 10.9. The lowest BCUT2D eigenvalue weighted by Gasteiger charge is -2.27. The van der Waals surface area contributed by atoms with Crippen molar-refractivity contribution in [2.45, 2.75) is 20.4 Å². The quantitative estimate of drug-likeness (QED) is 0.474. The number of nitro benzene ring substituents is 1. The van der Waals surface area contributed by atoms with Crippen LogP contribution < -0.4 is 0 Å². The third kappa shape index (κ3) is 3.67. The summed E-state index contributed by atoms with van der Waals surface area (Å²) in [4.78, 5) is 24.1. The van der Waals surface area contributed by atoms with Gasteiger partial charge in [-0.05, 0) is 13.8 Å². The van der Waals surface area contributed by atoms with Crippen molar-refractivity contribution in [1.82, 2.24) is 4.90 Å². The van der Waals surface area contributed by atoms with Gasteiger partial charge in [0.1, 0.15) is 0 Å². The summed E-state index contributed by atoms with van der Waals surface area (Å²) in [5.41, 5.74) is -0.153. The molecule has 104 valence electrons. The molecule has 0 saturated heterocycles. The summed E-state index contributed by atoms with van der Waals surface area (Å²) >= 11 is 5.76. The first-order valence-electron chi connectivity index (χ1n) is 5.83. The third-order valence-electron chi connectivity index (χ3n) is 2.86. The number of para-hydroxylation sites is 1. The molecule has 5 nitrogen and oxygen atoms in total. The van der Waals surface area contributed by atoms with E-state index in [4.69, 9.17) is 11.6 Å². The van der Waals surface area contributed by atoms with Crippen molar-refractivity contribution in [3.05, 3.63) is 39.9 Å². The molecule has 19 heavy (non-hydrogen) atoms. The van der Waals surface area contributed by atoms with Gasteiger partial charge in [0.25, 0.3) is 5.69 Å². The minimum absolute atomic E-state index is 0.0193. The van der Waals surface area contributed by atoms with E-state index in [-0.39, 0.29) is 24.0 Å². The average Bonchev–Trinajstić information content (AvgIpc) is 2.38. The number of carbonyl (C=O) groups excluding carboxylic acids is 1. The fourth-order valence-corrected chi connectivity index (χ4v) is 1.84. The molecule has 0 fully saturated rings. The Balaban J connectivity index is 2.92. The number of rotatable bonds is 5. The van der Waals surface area contributed by atoms with Crippen LogP contribution in [0.3, 0.4) is 0 Å². The largest absolute Gasteiger partial charge is 0.341 e. The molecule has 0 aliphatic carbocycles. The Morgan fingerprint density at radius 2 is 2.00 bits per heavy atom. The molecule has 0 aliphatic heterocycles. The normalized spacial score (nSPS) is 11.2. The van der Waals surface area contributed by atoms with Gasteiger partial charge in [-0.2, -0.15) is 0 Å². The summed E-state index contributed by atoms with van der Waals surface area (Å²) in [6.07, 6.45) is 0. The molecule has 1 amide bonds. The first-order chi connectivity index (χ1) is 8.79. The summed E-state index contributed by atoms with van der Waals surface area (Å²) in [6, 6.07) is 6.40. The van der Waals surface area contributed by atoms with E-state index in [0.717, 1.165) is 0 Å². The molecular weight excluding hydrogens is 268 g/mol. The Labute approximate surface area is 117 Å². The van der Waals surface area contributed by atoms with Crippen molar-refractivity contribution < 1.29 is 9.72 Å². The Hall–Kier alpha value is -1.62. The lowest BCUT2D eigenvalue weighted by molar-refractivity contribution is -0.385. The van der Waals surface area contributed by atoms with Crippen molar-refractivity contribution in [2.24, 2.45) is 5.41 Å². The van der Waals surface area contributed by atoms with Crippen LogP contribution in [-0.2, 0) is 11.3 Å². The molecule has 0 bridgehead atoms. The number of halogens is 1. The van der Waals surface area contributed by atoms with Gasteiger partial charge in [-0.25, -0.2) is 0 Å². The Kier molecular flexibility index (Phi) is 4.89. The topological polar surface area (TPSA) is 63.4 Å². The predicted molar refractivity (Wildman–Crippen MR) is 74.1 cm³/mol. The van der Waals surface area contributed by atoms with E-state index in [1.54, 1.807) is 39.1 Å². The summed E-state index contributed by atoms with van der Waals surface area (Å²) in [7, 11) is 1.62. The molecule has 1 rings (SSSR count). The zero-order valence-electron chi connectivity index (χ0n) is 11.2. The minimum atomic E-state index is -0.681. The number of amides is 1. The Morgan fingerprint density at radius 3 is 2.53 bits per heavy atom. The molecule has 0 radical (unpaired) electrons. The standard InChI is InChI=1S/C13H17ClN2O3/c1-13(2,9-14)12(17)15(3)8-10-6-4-5-7-11(10)16(18)19/h4-7H,8-9H2,1-3H3. The molecule has 0 unspecified atom stereocenters. The maximum Gasteiger partial charge on any atom is 0.274 e. The van der Waals surface area contributed by atoms with E-state index in [1.165, 1.54) is 11.0 Å². The molecule has 0 N–H and O–H groups in total. The van der Waals surface area contributed by atoms with Gasteiger partial charge in [0, 0.05) is 24.6 Å². The van der Waals surface area contributed by atoms with Crippen LogP contribution in [0.15, 0.2) is 24.3 Å². The number of benzene rings is 1. The van der Waals surface area contributed by atoms with Gasteiger partial charge in [-0.1, -0.05) is 18.2 Å². The van der Waals surface area contributed by atoms with E-state index < -0.39 is 10.3 Å². The predicted octanol–water partition coefficient (Wildman–Crippen LogP) is 2.82. The van der Waals surface area contributed by atoms with Crippen LogP contribution in [0.5, 0.6) is 0 Å². The molecule has 0 atom stereocenters. The second-order valence-corrected chi connectivity index (χ2v) is 5.33. The molecule has 1 aromatic rings. The van der Waals surface area contributed by atoms with Gasteiger partial charge in [0.2, 0.25) is 5.91 Å². The van der Waals surface area contributed by atoms with E-state index in [1.807, 2.05) is 0 Å². The zero-order chi connectivity index (χ0) is 14.6. The molecule has 1 aromatic carbocycles. The summed E-state index contributed by atoms with van der Waals surface area (Å²) < 4.78 is 0. The van der Waals surface area contributed by atoms with E-state index in [0.29, 0.717) is 5.56 Å². The smallest absolute Gasteiger partial charge is 0.274 e. The second kappa shape index (κ2) is 6.02. The molecule has 0 aliphatic rings. The summed E-state index contributed by atoms with van der Waals surface area (Å²) in [5.74, 6) is 0.0632. The van der Waals surface area contributed by atoms with Gasteiger partial charge in [0.15, 0.2) is 0 Å². The zero-order valence-corrected chi connectivity index (χ0v) is 12.0. The Morgan fingerprint density at radius 1 is 1.42 bits per heavy atom. The molecule has 0 saturated carbocycles. The molecular formula is C13H17ClN2O3. The molecule has 6 heteroatoms. The van der Waals surface area contributed by atoms with Crippen LogP contribution in [0.4, 0.5) is 5.69 Å². The number of hydrogen-bond acceptors (Lipinski definition) is 3. The third-order valence-corrected chi connectivity index (χ3v) is 3.52. The number of nitro groups is 1. The fraction of sp³-hybridized carbons (Fsp3) is 0.462. The molecule has 0 spiro atoms. The average molecular weight is 285 g/mol. The highest BCUT2D eigenvalue weighted by molar-refractivity contribution is 6.19. The molecule has 0 aromatic heterocycles. The minimum Gasteiger partial charge on any atom is -0.341 e. The van der Waals surface area contributed by atoms with Crippen LogP contribution in [0, 0.1) is 15.5 Å². The van der Waals surface area contributed by atoms with Crippen molar-refractivity contribution in [3.8, 4) is 0 Å². The van der Waals surface area contributed by atoms with E-state index in [9.17, 15) is 14.9 Å². The maximum absolute atomic E-state index is 12.2. The van der Waals surface area contributed by atoms with Gasteiger partial charge in [-0.3, -0.25) is 14.9 Å². The first kappa shape index (κ1) is 15.4. The highest BCUT2D eigenvalue weighted by atomic mass is 35.5. The first-order valence-corrected chi connectivity index (χ1v) is 6.37. The van der Waals surface area contributed by atoms with Gasteiger partial charge >= 0.3 is 0 Å². The highest BCUT2D eigenvalue weighted by Crippen LogP contribution is 2.23. The lowest BCUT2D eigenvalue weighted by atomic mass is 9.94. The highest BCUT2D eigenvalue weighted by Gasteiger charge is 2.30. The number of hydrogen-bond donors (Lipinski definition) is 0.